The van der Waals surface area contributed by atoms with E-state index in [0.29, 0.717) is 5.82 Å². The van der Waals surface area contributed by atoms with Crippen molar-refractivity contribution in [2.24, 2.45) is 4.99 Å². The van der Waals surface area contributed by atoms with Gasteiger partial charge in [-0.3, -0.25) is 14.4 Å². The summed E-state index contributed by atoms with van der Waals surface area (Å²) in [5.74, 6) is 6.32. The van der Waals surface area contributed by atoms with Crippen molar-refractivity contribution in [1.82, 2.24) is 14.8 Å². The van der Waals surface area contributed by atoms with Crippen LogP contribution in [0.5, 0.6) is 0 Å². The van der Waals surface area contributed by atoms with Gasteiger partial charge in [0.05, 0.1) is 12.1 Å². The smallest absolute Gasteiger partial charge is 0.306 e. The molecule has 0 fully saturated rings. The minimum Gasteiger partial charge on any atom is -0.481 e. The molecule has 1 N–H and O–H groups in total. The maximum atomic E-state index is 11.5. The quantitative estimate of drug-likeness (QED) is 0.669. The minimum absolute atomic E-state index is 0.145. The number of fused-ring (bicyclic) bond motifs is 3. The summed E-state index contributed by atoms with van der Waals surface area (Å²) in [4.78, 5) is 17.7. The number of carboxylic acid groups (broad SMARTS) is 1. The molecular formula is C22H20N4O2S. The number of aromatic nitrogens is 3. The Bertz CT molecular complexity index is 1210. The van der Waals surface area contributed by atoms with Crippen molar-refractivity contribution >= 4 is 23.0 Å². The molecule has 1 aliphatic heterocycles. The van der Waals surface area contributed by atoms with Gasteiger partial charge < -0.3 is 5.11 Å². The van der Waals surface area contributed by atoms with Gasteiger partial charge in [-0.15, -0.1) is 27.5 Å². The number of aryl methyl sites for hydroxylation is 2. The van der Waals surface area contributed by atoms with Gasteiger partial charge >= 0.3 is 5.97 Å². The maximum Gasteiger partial charge on any atom is 0.306 e. The first-order valence-electron chi connectivity index (χ1n) is 9.26. The van der Waals surface area contributed by atoms with E-state index in [9.17, 15) is 9.90 Å². The first-order chi connectivity index (χ1) is 13.9. The molecule has 29 heavy (non-hydrogen) atoms. The summed E-state index contributed by atoms with van der Waals surface area (Å²) < 4.78 is 1.96. The summed E-state index contributed by atoms with van der Waals surface area (Å²) in [6.45, 7) is 7.85. The summed E-state index contributed by atoms with van der Waals surface area (Å²) in [6.07, 6.45) is -0.145. The van der Waals surface area contributed by atoms with Crippen LogP contribution in [-0.4, -0.2) is 31.6 Å². The molecule has 4 rings (SSSR count). The van der Waals surface area contributed by atoms with E-state index in [1.807, 2.05) is 35.8 Å². The van der Waals surface area contributed by atoms with Crippen LogP contribution in [0.15, 0.2) is 29.3 Å². The van der Waals surface area contributed by atoms with Gasteiger partial charge in [0.1, 0.15) is 16.9 Å². The molecule has 7 heteroatoms. The molecule has 1 atom stereocenters. The summed E-state index contributed by atoms with van der Waals surface area (Å²) >= 11 is 1.65. The average molecular weight is 404 g/mol. The van der Waals surface area contributed by atoms with Gasteiger partial charge in [-0.25, -0.2) is 0 Å². The molecular weight excluding hydrogens is 384 g/mol. The Balaban J connectivity index is 1.99. The number of hydrogen-bond donors (Lipinski definition) is 1. The van der Waals surface area contributed by atoms with E-state index in [1.165, 1.54) is 4.88 Å². The summed E-state index contributed by atoms with van der Waals surface area (Å²) in [7, 11) is 0. The molecule has 3 heterocycles. The lowest BCUT2D eigenvalue weighted by Gasteiger charge is -2.10. The van der Waals surface area contributed by atoms with Crippen LogP contribution in [-0.2, 0) is 4.79 Å². The maximum absolute atomic E-state index is 11.5. The van der Waals surface area contributed by atoms with Gasteiger partial charge in [0, 0.05) is 21.6 Å². The van der Waals surface area contributed by atoms with Gasteiger partial charge in [0.2, 0.25) is 0 Å². The standard InChI is InChI=1S/C22H20N4O2S/c1-5-6-15-7-9-16(10-8-15)20-19-12(2)13(3)29-22(19)26-14(4)24-25-21(26)17(23-20)11-18(27)28/h7-10,17H,11H2,1-4H3,(H,27,28)/t17-/m0/s1. The number of hydrogen-bond acceptors (Lipinski definition) is 5. The fraction of sp³-hybridized carbons (Fsp3) is 0.273. The Labute approximate surface area is 173 Å². The molecule has 146 valence electrons. The van der Waals surface area contributed by atoms with Crippen LogP contribution in [0.4, 0.5) is 0 Å². The molecule has 1 aliphatic rings. The van der Waals surface area contributed by atoms with Crippen LogP contribution in [0.3, 0.4) is 0 Å². The van der Waals surface area contributed by atoms with E-state index in [-0.39, 0.29) is 6.42 Å². The van der Waals surface area contributed by atoms with Crippen LogP contribution >= 0.6 is 11.3 Å². The second-order valence-electron chi connectivity index (χ2n) is 6.95. The molecule has 0 amide bonds. The van der Waals surface area contributed by atoms with Crippen molar-refractivity contribution in [3.05, 3.63) is 63.0 Å². The highest BCUT2D eigenvalue weighted by molar-refractivity contribution is 7.15. The van der Waals surface area contributed by atoms with Gasteiger partial charge in [0.15, 0.2) is 5.82 Å². The van der Waals surface area contributed by atoms with E-state index in [0.717, 1.165) is 38.8 Å². The van der Waals surface area contributed by atoms with Gasteiger partial charge in [-0.2, -0.15) is 0 Å². The van der Waals surface area contributed by atoms with E-state index in [1.54, 1.807) is 18.3 Å². The number of carboxylic acids is 1. The topological polar surface area (TPSA) is 80.4 Å². The van der Waals surface area contributed by atoms with E-state index in [2.05, 4.69) is 35.9 Å². The molecule has 0 spiro atoms. The fourth-order valence-corrected chi connectivity index (χ4v) is 4.76. The predicted molar refractivity (Wildman–Crippen MR) is 113 cm³/mol. The fourth-order valence-electron chi connectivity index (χ4n) is 3.55. The molecule has 0 saturated heterocycles. The predicted octanol–water partition coefficient (Wildman–Crippen LogP) is 3.99. The zero-order chi connectivity index (χ0) is 20.7. The molecule has 0 bridgehead atoms. The Morgan fingerprint density at radius 1 is 1.21 bits per heavy atom. The van der Waals surface area contributed by atoms with Crippen LogP contribution in [0.2, 0.25) is 0 Å². The Morgan fingerprint density at radius 3 is 2.59 bits per heavy atom. The number of thiophene rings is 1. The third-order valence-electron chi connectivity index (χ3n) is 5.04. The number of rotatable bonds is 3. The number of carbonyl (C=O) groups is 1. The zero-order valence-electron chi connectivity index (χ0n) is 16.6. The van der Waals surface area contributed by atoms with Crippen molar-refractivity contribution < 1.29 is 9.90 Å². The molecule has 2 aromatic heterocycles. The zero-order valence-corrected chi connectivity index (χ0v) is 17.5. The summed E-state index contributed by atoms with van der Waals surface area (Å²) in [6, 6.07) is 7.30. The van der Waals surface area contributed by atoms with E-state index in [4.69, 9.17) is 4.99 Å². The average Bonchev–Trinajstić information content (AvgIpc) is 3.15. The highest BCUT2D eigenvalue weighted by Gasteiger charge is 2.32. The number of aliphatic carboxylic acids is 1. The highest BCUT2D eigenvalue weighted by atomic mass is 32.1. The molecule has 3 aromatic rings. The van der Waals surface area contributed by atoms with Crippen LogP contribution in [0, 0.1) is 32.6 Å². The number of nitrogens with zero attached hydrogens (tertiary/aromatic N) is 4. The SMILES string of the molecule is CC#Cc1ccc(C2=N[C@@H](CC(=O)O)c3nnc(C)n3-c3sc(C)c(C)c32)cc1. The third-order valence-corrected chi connectivity index (χ3v) is 6.23. The van der Waals surface area contributed by atoms with Gasteiger partial charge in [-0.05, 0) is 45.4 Å². The highest BCUT2D eigenvalue weighted by Crippen LogP contribution is 2.39. The van der Waals surface area contributed by atoms with Crippen molar-refractivity contribution in [2.45, 2.75) is 40.2 Å². The first kappa shape index (κ1) is 19.1. The van der Waals surface area contributed by atoms with Crippen LogP contribution in [0.25, 0.3) is 5.00 Å². The van der Waals surface area contributed by atoms with Gasteiger partial charge in [-0.1, -0.05) is 18.1 Å². The minimum atomic E-state index is -0.919. The lowest BCUT2D eigenvalue weighted by Crippen LogP contribution is -2.10. The lowest BCUT2D eigenvalue weighted by atomic mass is 9.98. The molecule has 0 aliphatic carbocycles. The van der Waals surface area contributed by atoms with E-state index < -0.39 is 12.0 Å². The van der Waals surface area contributed by atoms with Crippen molar-refractivity contribution in [3.63, 3.8) is 0 Å². The normalized spacial score (nSPS) is 14.9. The molecule has 6 nitrogen and oxygen atoms in total. The lowest BCUT2D eigenvalue weighted by molar-refractivity contribution is -0.137. The van der Waals surface area contributed by atoms with E-state index >= 15 is 0 Å². The van der Waals surface area contributed by atoms with Crippen LogP contribution < -0.4 is 0 Å². The Morgan fingerprint density at radius 2 is 1.93 bits per heavy atom. The molecule has 0 saturated carbocycles. The largest absolute Gasteiger partial charge is 0.481 e. The van der Waals surface area contributed by atoms with Gasteiger partial charge in [0.25, 0.3) is 0 Å². The molecule has 1 aromatic carbocycles. The summed E-state index contributed by atoms with van der Waals surface area (Å²) in [5, 5.41) is 19.0. The number of aliphatic imine (C=N–C) groups is 1. The molecule has 0 unspecified atom stereocenters. The monoisotopic (exact) mass is 404 g/mol. The third kappa shape index (κ3) is 3.26. The second-order valence-corrected chi connectivity index (χ2v) is 8.15. The summed E-state index contributed by atoms with van der Waals surface area (Å²) in [5.41, 5.74) is 4.80. The van der Waals surface area contributed by atoms with Crippen molar-refractivity contribution in [3.8, 4) is 16.8 Å². The molecule has 0 radical (unpaired) electrons. The van der Waals surface area contributed by atoms with Crippen LogP contribution in [0.1, 0.15) is 58.2 Å². The van der Waals surface area contributed by atoms with Crippen molar-refractivity contribution in [2.75, 3.05) is 0 Å². The Hall–Kier alpha value is -3.24. The van der Waals surface area contributed by atoms with Crippen molar-refractivity contribution in [1.29, 1.82) is 0 Å². The first-order valence-corrected chi connectivity index (χ1v) is 10.1. The second kappa shape index (κ2) is 7.30. The number of benzene rings is 1. The Kier molecular flexibility index (Phi) is 4.81.